The van der Waals surface area contributed by atoms with Gasteiger partial charge >= 0.3 is 0 Å². The van der Waals surface area contributed by atoms with E-state index in [9.17, 15) is 9.50 Å². The Labute approximate surface area is 217 Å². The lowest BCUT2D eigenvalue weighted by atomic mass is 9.95. The molecular weight excluding hydrogens is 477 g/mol. The Balaban J connectivity index is 2.11. The van der Waals surface area contributed by atoms with Crippen LogP contribution in [-0.4, -0.2) is 66.7 Å². The number of benzene rings is 2. The number of hydrazone groups is 1. The second kappa shape index (κ2) is 14.7. The second-order valence-corrected chi connectivity index (χ2v) is 10.3. The number of aryl methyl sites for hydroxylation is 1. The van der Waals surface area contributed by atoms with E-state index in [-0.39, 0.29) is 17.8 Å². The van der Waals surface area contributed by atoms with Crippen molar-refractivity contribution in [2.45, 2.75) is 27.2 Å². The number of aliphatic hydroxyl groups excluding tert-OH is 1. The fourth-order valence-corrected chi connectivity index (χ4v) is 4.23. The summed E-state index contributed by atoms with van der Waals surface area (Å²) < 4.78 is 15.4. The molecule has 2 rings (SSSR count). The third-order valence-electron chi connectivity index (χ3n) is 5.56. The summed E-state index contributed by atoms with van der Waals surface area (Å²) >= 11 is 1.42. The molecule has 36 heavy (non-hydrogen) atoms. The van der Waals surface area contributed by atoms with E-state index < -0.39 is 0 Å². The molecule has 0 saturated carbocycles. The van der Waals surface area contributed by atoms with Crippen molar-refractivity contribution in [3.8, 4) is 0 Å². The third-order valence-corrected chi connectivity index (χ3v) is 6.57. The van der Waals surface area contributed by atoms with Crippen LogP contribution in [0.5, 0.6) is 0 Å². The van der Waals surface area contributed by atoms with Crippen molar-refractivity contribution in [2.24, 2.45) is 10.5 Å². The number of anilines is 2. The van der Waals surface area contributed by atoms with Crippen LogP contribution in [0.2, 0.25) is 0 Å². The molecule has 0 fully saturated rings. The summed E-state index contributed by atoms with van der Waals surface area (Å²) in [6, 6.07) is 10.2. The van der Waals surface area contributed by atoms with Gasteiger partial charge in [-0.25, -0.2) is 8.70 Å². The molecule has 10 heteroatoms. The summed E-state index contributed by atoms with van der Waals surface area (Å²) in [5, 5.41) is 36.4. The number of hydrogen-bond acceptors (Lipinski definition) is 9. The number of rotatable bonds is 15. The molecule has 0 atom stereocenters. The van der Waals surface area contributed by atoms with Crippen molar-refractivity contribution >= 4 is 40.8 Å². The van der Waals surface area contributed by atoms with Crippen LogP contribution in [0.1, 0.15) is 30.5 Å². The molecule has 0 heterocycles. The highest BCUT2D eigenvalue weighted by molar-refractivity contribution is 8.13. The first-order chi connectivity index (χ1) is 17.2. The van der Waals surface area contributed by atoms with Gasteiger partial charge in [0, 0.05) is 68.4 Å². The Hall–Kier alpha value is -2.79. The minimum absolute atomic E-state index is 0.117. The van der Waals surface area contributed by atoms with Crippen LogP contribution in [0.4, 0.5) is 15.8 Å². The standard InChI is InChI=1S/C26H38FN7OS/c1-19-13-24(32-23-7-5-22(27)6-8-23)21(15-28)14-20(19)9-11-34(36-25(16-29)33-30-4)12-10-31-17-26(2,3)18-35/h5-8,13-16,28-32,35H,9-12,17-18H2,1-4H3/b28-15?,29-16?,33-25+. The highest BCUT2D eigenvalue weighted by Gasteiger charge is 2.16. The van der Waals surface area contributed by atoms with Crippen molar-refractivity contribution in [2.75, 3.05) is 45.2 Å². The summed E-state index contributed by atoms with van der Waals surface area (Å²) in [5.74, 6) is -0.292. The maximum absolute atomic E-state index is 13.2. The Morgan fingerprint density at radius 2 is 1.92 bits per heavy atom. The maximum Gasteiger partial charge on any atom is 0.149 e. The van der Waals surface area contributed by atoms with Crippen LogP contribution in [0.25, 0.3) is 0 Å². The highest BCUT2D eigenvalue weighted by Crippen LogP contribution is 2.25. The summed E-state index contributed by atoms with van der Waals surface area (Å²) in [6.07, 6.45) is 3.30. The van der Waals surface area contributed by atoms with Crippen molar-refractivity contribution < 1.29 is 9.50 Å². The van der Waals surface area contributed by atoms with Gasteiger partial charge in [0.15, 0.2) is 0 Å². The third kappa shape index (κ3) is 9.69. The van der Waals surface area contributed by atoms with E-state index in [1.165, 1.54) is 36.5 Å². The van der Waals surface area contributed by atoms with Gasteiger partial charge in [-0.3, -0.25) is 0 Å². The normalized spacial score (nSPS) is 12.0. The van der Waals surface area contributed by atoms with Gasteiger partial charge in [0.2, 0.25) is 0 Å². The smallest absolute Gasteiger partial charge is 0.149 e. The Morgan fingerprint density at radius 3 is 2.53 bits per heavy atom. The molecule has 0 spiro atoms. The number of nitrogens with zero attached hydrogens (tertiary/aromatic N) is 2. The molecule has 2 aromatic carbocycles. The fraction of sp³-hybridized carbons (Fsp3) is 0.423. The van der Waals surface area contributed by atoms with Gasteiger partial charge in [0.25, 0.3) is 0 Å². The van der Waals surface area contributed by atoms with Gasteiger partial charge in [-0.05, 0) is 72.8 Å². The molecular formula is C26H38FN7OS. The zero-order chi connectivity index (χ0) is 26.6. The lowest BCUT2D eigenvalue weighted by Crippen LogP contribution is -2.37. The molecule has 0 saturated heterocycles. The average Bonchev–Trinajstić information content (AvgIpc) is 2.86. The van der Waals surface area contributed by atoms with Crippen molar-refractivity contribution in [1.29, 1.82) is 10.8 Å². The van der Waals surface area contributed by atoms with Gasteiger partial charge < -0.3 is 32.0 Å². The largest absolute Gasteiger partial charge is 0.396 e. The van der Waals surface area contributed by atoms with Crippen LogP contribution in [-0.2, 0) is 6.42 Å². The van der Waals surface area contributed by atoms with E-state index in [1.54, 1.807) is 19.2 Å². The minimum atomic E-state index is -0.292. The molecule has 6 N–H and O–H groups in total. The summed E-state index contributed by atoms with van der Waals surface area (Å²) in [5.41, 5.74) is 7.08. The first kappa shape index (κ1) is 29.4. The lowest BCUT2D eigenvalue weighted by molar-refractivity contribution is 0.157. The van der Waals surface area contributed by atoms with E-state index in [4.69, 9.17) is 10.8 Å². The van der Waals surface area contributed by atoms with Gasteiger partial charge in [0.1, 0.15) is 10.9 Å². The molecule has 196 valence electrons. The van der Waals surface area contributed by atoms with E-state index in [1.807, 2.05) is 32.9 Å². The molecule has 2 aromatic rings. The Kier molecular flexibility index (Phi) is 12.0. The van der Waals surface area contributed by atoms with Crippen LogP contribution in [0.3, 0.4) is 0 Å². The van der Waals surface area contributed by atoms with Crippen LogP contribution in [0, 0.1) is 29.0 Å². The minimum Gasteiger partial charge on any atom is -0.396 e. The monoisotopic (exact) mass is 515 g/mol. The Bertz CT molecular complexity index is 1030. The van der Waals surface area contributed by atoms with Crippen molar-refractivity contribution in [3.63, 3.8) is 0 Å². The topological polar surface area (TPSA) is 120 Å². The summed E-state index contributed by atoms with van der Waals surface area (Å²) in [6.45, 7) is 9.06. The van der Waals surface area contributed by atoms with E-state index in [2.05, 4.69) is 25.5 Å². The quantitative estimate of drug-likeness (QED) is 0.0697. The molecule has 0 aromatic heterocycles. The van der Waals surface area contributed by atoms with Crippen LogP contribution >= 0.6 is 11.9 Å². The molecule has 0 aliphatic heterocycles. The number of hydrogen-bond donors (Lipinski definition) is 6. The Morgan fingerprint density at radius 1 is 1.19 bits per heavy atom. The zero-order valence-electron chi connectivity index (χ0n) is 21.5. The van der Waals surface area contributed by atoms with Crippen molar-refractivity contribution in [1.82, 2.24) is 15.0 Å². The maximum atomic E-state index is 13.2. The molecule has 0 radical (unpaired) electrons. The average molecular weight is 516 g/mol. The number of aliphatic hydroxyl groups is 1. The SMILES string of the molecule is CN/N=C(\C=N)SN(CCNCC(C)(C)CO)CCc1cc(C=N)c(Nc2ccc(F)cc2)cc1C. The van der Waals surface area contributed by atoms with Gasteiger partial charge in [0.05, 0.1) is 6.21 Å². The molecule has 0 aliphatic carbocycles. The number of halogens is 1. The summed E-state index contributed by atoms with van der Waals surface area (Å²) in [7, 11) is 1.71. The first-order valence-electron chi connectivity index (χ1n) is 11.9. The molecule has 0 aliphatic rings. The predicted molar refractivity (Wildman–Crippen MR) is 151 cm³/mol. The van der Waals surface area contributed by atoms with Gasteiger partial charge in [-0.2, -0.15) is 5.10 Å². The fourth-order valence-electron chi connectivity index (χ4n) is 3.41. The lowest BCUT2D eigenvalue weighted by Gasteiger charge is -2.25. The van der Waals surface area contributed by atoms with Crippen molar-refractivity contribution in [3.05, 3.63) is 58.9 Å². The molecule has 0 unspecified atom stereocenters. The molecule has 0 amide bonds. The van der Waals surface area contributed by atoms with Gasteiger partial charge in [-0.1, -0.05) is 13.8 Å². The highest BCUT2D eigenvalue weighted by atomic mass is 32.2. The van der Waals surface area contributed by atoms with Crippen LogP contribution in [0.15, 0.2) is 41.5 Å². The van der Waals surface area contributed by atoms with E-state index in [0.717, 1.165) is 54.1 Å². The van der Waals surface area contributed by atoms with E-state index >= 15 is 0 Å². The molecule has 0 bridgehead atoms. The predicted octanol–water partition coefficient (Wildman–Crippen LogP) is 4.16. The first-order valence-corrected chi connectivity index (χ1v) is 12.6. The zero-order valence-corrected chi connectivity index (χ0v) is 22.3. The van der Waals surface area contributed by atoms with Crippen LogP contribution < -0.4 is 16.1 Å². The second-order valence-electron chi connectivity index (χ2n) is 9.23. The molecule has 8 nitrogen and oxygen atoms in total. The number of nitrogens with one attached hydrogen (secondary N) is 5. The van der Waals surface area contributed by atoms with Gasteiger partial charge in [-0.15, -0.1) is 0 Å². The summed E-state index contributed by atoms with van der Waals surface area (Å²) in [4.78, 5) is 0. The van der Waals surface area contributed by atoms with E-state index in [0.29, 0.717) is 11.6 Å².